The molecule has 138 valence electrons. The number of aromatic nitrogens is 2. The fourth-order valence-corrected chi connectivity index (χ4v) is 3.29. The Bertz CT molecular complexity index is 1120. The van der Waals surface area contributed by atoms with E-state index in [4.69, 9.17) is 4.74 Å². The first-order chi connectivity index (χ1) is 13.6. The summed E-state index contributed by atoms with van der Waals surface area (Å²) in [6.07, 6.45) is 1.97. The third-order valence-corrected chi connectivity index (χ3v) is 4.61. The number of pyridine rings is 2. The summed E-state index contributed by atoms with van der Waals surface area (Å²) in [6.45, 7) is 0.265. The van der Waals surface area contributed by atoms with E-state index < -0.39 is 5.82 Å². The first kappa shape index (κ1) is 17.6. The molecule has 0 unspecified atom stereocenters. The summed E-state index contributed by atoms with van der Waals surface area (Å²) in [5.74, 6) is -0.115. The Hall–Kier alpha value is -3.79. The van der Waals surface area contributed by atoms with Crippen LogP contribution in [0.3, 0.4) is 0 Å². The molecule has 1 aromatic carbocycles. The van der Waals surface area contributed by atoms with Crippen molar-refractivity contribution in [3.8, 4) is 23.1 Å². The normalized spacial score (nSPS) is 12.2. The topological polar surface area (TPSA) is 87.9 Å². The Kier molecular flexibility index (Phi) is 4.45. The number of nitriles is 1. The van der Waals surface area contributed by atoms with Crippen molar-refractivity contribution in [2.24, 2.45) is 0 Å². The predicted octanol–water partition coefficient (Wildman–Crippen LogP) is 3.00. The number of nitrogens with one attached hydrogen (secondary N) is 1. The lowest BCUT2D eigenvalue weighted by atomic mass is 9.97. The van der Waals surface area contributed by atoms with Crippen molar-refractivity contribution in [2.75, 3.05) is 7.11 Å². The molecule has 28 heavy (non-hydrogen) atoms. The minimum absolute atomic E-state index is 0.135. The van der Waals surface area contributed by atoms with Crippen molar-refractivity contribution in [3.05, 3.63) is 76.5 Å². The highest BCUT2D eigenvalue weighted by molar-refractivity contribution is 5.99. The zero-order valence-corrected chi connectivity index (χ0v) is 15.0. The zero-order valence-electron chi connectivity index (χ0n) is 15.0. The molecule has 2 aromatic heterocycles. The van der Waals surface area contributed by atoms with Gasteiger partial charge in [-0.15, -0.1) is 0 Å². The number of amides is 1. The van der Waals surface area contributed by atoms with E-state index in [-0.39, 0.29) is 23.6 Å². The molecule has 6 nitrogen and oxygen atoms in total. The van der Waals surface area contributed by atoms with E-state index >= 15 is 0 Å². The monoisotopic (exact) mass is 374 g/mol. The maximum atomic E-state index is 14.5. The van der Waals surface area contributed by atoms with E-state index in [1.807, 2.05) is 12.1 Å². The molecule has 0 bridgehead atoms. The molecule has 7 heteroatoms. The molecular weight excluding hydrogens is 359 g/mol. The van der Waals surface area contributed by atoms with Crippen molar-refractivity contribution >= 4 is 5.91 Å². The van der Waals surface area contributed by atoms with E-state index in [1.54, 1.807) is 31.5 Å². The van der Waals surface area contributed by atoms with Crippen LogP contribution < -0.4 is 10.1 Å². The summed E-state index contributed by atoms with van der Waals surface area (Å²) in [5, 5.41) is 12.1. The fraction of sp³-hybridized carbons (Fsp3) is 0.143. The van der Waals surface area contributed by atoms with Crippen molar-refractivity contribution < 1.29 is 13.9 Å². The van der Waals surface area contributed by atoms with Crippen molar-refractivity contribution in [3.63, 3.8) is 0 Å². The summed E-state index contributed by atoms with van der Waals surface area (Å²) < 4.78 is 19.6. The summed E-state index contributed by atoms with van der Waals surface area (Å²) in [6, 6.07) is 11.6. The lowest BCUT2D eigenvalue weighted by molar-refractivity contribution is 0.0965. The highest BCUT2D eigenvalue weighted by atomic mass is 19.1. The van der Waals surface area contributed by atoms with Gasteiger partial charge in [0.25, 0.3) is 5.91 Å². The lowest BCUT2D eigenvalue weighted by Gasteiger charge is -2.11. The van der Waals surface area contributed by atoms with Gasteiger partial charge in [-0.25, -0.2) is 9.37 Å². The average molecular weight is 374 g/mol. The van der Waals surface area contributed by atoms with Gasteiger partial charge in [0.1, 0.15) is 11.6 Å². The van der Waals surface area contributed by atoms with Crippen LogP contribution >= 0.6 is 0 Å². The van der Waals surface area contributed by atoms with Gasteiger partial charge in [-0.1, -0.05) is 6.07 Å². The van der Waals surface area contributed by atoms with Crippen LogP contribution in [0.1, 0.15) is 32.9 Å². The largest absolute Gasteiger partial charge is 0.495 e. The van der Waals surface area contributed by atoms with Crippen LogP contribution in [0.4, 0.5) is 4.39 Å². The molecular formula is C21H15FN4O2. The van der Waals surface area contributed by atoms with Gasteiger partial charge in [-0.05, 0) is 35.9 Å². The van der Waals surface area contributed by atoms with Gasteiger partial charge in [0.15, 0.2) is 0 Å². The SMILES string of the molecule is COc1ccc(Cc2cc(-c3c(F)cccc3C#N)nc3c2C(=O)NC3)nc1. The van der Waals surface area contributed by atoms with E-state index in [0.29, 0.717) is 34.7 Å². The molecule has 0 saturated heterocycles. The maximum Gasteiger partial charge on any atom is 0.253 e. The van der Waals surface area contributed by atoms with E-state index in [0.717, 1.165) is 5.69 Å². The molecule has 3 heterocycles. The molecule has 1 aliphatic rings. The minimum atomic E-state index is -0.530. The second-order valence-corrected chi connectivity index (χ2v) is 6.31. The van der Waals surface area contributed by atoms with E-state index in [2.05, 4.69) is 15.3 Å². The Balaban J connectivity index is 1.84. The van der Waals surface area contributed by atoms with Gasteiger partial charge in [-0.2, -0.15) is 5.26 Å². The second kappa shape index (κ2) is 7.08. The number of carbonyl (C=O) groups excluding carboxylic acids is 1. The third kappa shape index (κ3) is 3.05. The van der Waals surface area contributed by atoms with Gasteiger partial charge in [0.05, 0.1) is 54.0 Å². The number of ether oxygens (including phenoxy) is 1. The molecule has 0 aliphatic carbocycles. The number of methoxy groups -OCH3 is 1. The smallest absolute Gasteiger partial charge is 0.253 e. The second-order valence-electron chi connectivity index (χ2n) is 6.31. The van der Waals surface area contributed by atoms with Crippen LogP contribution in [0.5, 0.6) is 5.75 Å². The molecule has 0 atom stereocenters. The van der Waals surface area contributed by atoms with E-state index in [9.17, 15) is 14.4 Å². The molecule has 3 aromatic rings. The van der Waals surface area contributed by atoms with Gasteiger partial charge < -0.3 is 10.1 Å². The first-order valence-corrected chi connectivity index (χ1v) is 8.59. The summed E-state index contributed by atoms with van der Waals surface area (Å²) in [5.41, 5.74) is 3.09. The van der Waals surface area contributed by atoms with Gasteiger partial charge in [-0.3, -0.25) is 9.78 Å². The molecule has 0 radical (unpaired) electrons. The Labute approximate surface area is 160 Å². The highest BCUT2D eigenvalue weighted by Gasteiger charge is 2.26. The number of nitrogens with zero attached hydrogens (tertiary/aromatic N) is 3. The average Bonchev–Trinajstić information content (AvgIpc) is 3.09. The Morgan fingerprint density at radius 2 is 2.14 bits per heavy atom. The molecule has 1 amide bonds. The summed E-state index contributed by atoms with van der Waals surface area (Å²) in [4.78, 5) is 21.1. The van der Waals surface area contributed by atoms with Crippen LogP contribution in [0.25, 0.3) is 11.3 Å². The zero-order chi connectivity index (χ0) is 19.7. The predicted molar refractivity (Wildman–Crippen MR) is 99.1 cm³/mol. The van der Waals surface area contributed by atoms with Crippen molar-refractivity contribution in [1.29, 1.82) is 5.26 Å². The Morgan fingerprint density at radius 3 is 2.86 bits per heavy atom. The Morgan fingerprint density at radius 1 is 1.29 bits per heavy atom. The van der Waals surface area contributed by atoms with Crippen molar-refractivity contribution in [1.82, 2.24) is 15.3 Å². The molecule has 4 rings (SSSR count). The van der Waals surface area contributed by atoms with Crippen LogP contribution in [0.2, 0.25) is 0 Å². The number of carbonyl (C=O) groups is 1. The third-order valence-electron chi connectivity index (χ3n) is 4.61. The molecule has 0 saturated carbocycles. The quantitative estimate of drug-likeness (QED) is 0.758. The van der Waals surface area contributed by atoms with Crippen molar-refractivity contribution in [2.45, 2.75) is 13.0 Å². The number of fused-ring (bicyclic) bond motifs is 1. The summed E-state index contributed by atoms with van der Waals surface area (Å²) in [7, 11) is 1.56. The molecule has 1 aliphatic heterocycles. The van der Waals surface area contributed by atoms with Crippen LogP contribution in [0, 0.1) is 17.1 Å². The first-order valence-electron chi connectivity index (χ1n) is 8.59. The number of halogens is 1. The van der Waals surface area contributed by atoms with Crippen LogP contribution in [0.15, 0.2) is 42.6 Å². The van der Waals surface area contributed by atoms with E-state index in [1.165, 1.54) is 12.1 Å². The van der Waals surface area contributed by atoms with Crippen LogP contribution in [-0.2, 0) is 13.0 Å². The number of hydrogen-bond donors (Lipinski definition) is 1. The molecule has 0 fully saturated rings. The van der Waals surface area contributed by atoms with Gasteiger partial charge >= 0.3 is 0 Å². The fourth-order valence-electron chi connectivity index (χ4n) is 3.29. The number of hydrogen-bond acceptors (Lipinski definition) is 5. The number of benzene rings is 1. The van der Waals surface area contributed by atoms with Crippen LogP contribution in [-0.4, -0.2) is 23.0 Å². The standard InChI is InChI=1S/C21H15FN4O2/c1-28-15-6-5-14(24-10-15)7-13-8-17(26-18-11-25-21(27)20(13)18)19-12(9-23)3-2-4-16(19)22/h2-6,8,10H,7,11H2,1H3,(H,25,27). The number of rotatable bonds is 4. The lowest BCUT2D eigenvalue weighted by Crippen LogP contribution is -2.14. The molecule has 1 N–H and O–H groups in total. The molecule has 0 spiro atoms. The van der Waals surface area contributed by atoms with Gasteiger partial charge in [0, 0.05) is 12.1 Å². The highest BCUT2D eigenvalue weighted by Crippen LogP contribution is 2.30. The maximum absolute atomic E-state index is 14.5. The summed E-state index contributed by atoms with van der Waals surface area (Å²) >= 11 is 0. The van der Waals surface area contributed by atoms with Gasteiger partial charge in [0.2, 0.25) is 0 Å². The minimum Gasteiger partial charge on any atom is -0.495 e.